The van der Waals surface area contributed by atoms with Crippen molar-refractivity contribution in [3.05, 3.63) is 89.3 Å². The molecule has 2 nitrogen and oxygen atoms in total. The van der Waals surface area contributed by atoms with Gasteiger partial charge in [-0.1, -0.05) is 62.4 Å². The summed E-state index contributed by atoms with van der Waals surface area (Å²) in [5.41, 5.74) is 9.68. The normalized spacial score (nSPS) is 22.2. The molecule has 2 heteroatoms. The van der Waals surface area contributed by atoms with E-state index in [1.165, 1.54) is 58.3 Å². The summed E-state index contributed by atoms with van der Waals surface area (Å²) >= 11 is 0. The number of hydrogen-bond acceptors (Lipinski definition) is 1. The Labute approximate surface area is 172 Å². The van der Waals surface area contributed by atoms with Crippen molar-refractivity contribution in [1.29, 1.82) is 0 Å². The van der Waals surface area contributed by atoms with Crippen LogP contribution in [0, 0.1) is 5.41 Å². The third kappa shape index (κ3) is 2.42. The molecule has 29 heavy (non-hydrogen) atoms. The molecule has 0 amide bonds. The van der Waals surface area contributed by atoms with Gasteiger partial charge in [-0.15, -0.1) is 0 Å². The zero-order chi connectivity index (χ0) is 19.6. The highest BCUT2D eigenvalue weighted by molar-refractivity contribution is 5.99. The average molecular weight is 379 g/mol. The molecule has 0 bridgehead atoms. The summed E-state index contributed by atoms with van der Waals surface area (Å²) in [7, 11) is 0. The van der Waals surface area contributed by atoms with Gasteiger partial charge < -0.3 is 9.88 Å². The van der Waals surface area contributed by atoms with Crippen LogP contribution in [0.5, 0.6) is 0 Å². The number of aromatic amines is 1. The van der Waals surface area contributed by atoms with Gasteiger partial charge in [-0.05, 0) is 59.6 Å². The monoisotopic (exact) mass is 378 g/mol. The molecule has 2 aliphatic heterocycles. The van der Waals surface area contributed by atoms with Gasteiger partial charge in [0.25, 0.3) is 0 Å². The van der Waals surface area contributed by atoms with E-state index in [-0.39, 0.29) is 5.41 Å². The minimum atomic E-state index is 0.237. The van der Waals surface area contributed by atoms with Gasteiger partial charge in [0, 0.05) is 22.7 Å². The van der Waals surface area contributed by atoms with Crippen LogP contribution < -0.4 is 0 Å². The SMILES string of the molecule is CC1(C)CCCC2=C(c3ccccc3)C=C3c4[nH]c5ccccc5c4C=CN3C21. The minimum Gasteiger partial charge on any atom is -0.353 e. The molecule has 144 valence electrons. The number of fused-ring (bicyclic) bond motifs is 7. The van der Waals surface area contributed by atoms with Crippen LogP contribution in [0.3, 0.4) is 0 Å². The highest BCUT2D eigenvalue weighted by Gasteiger charge is 2.44. The van der Waals surface area contributed by atoms with E-state index >= 15 is 0 Å². The Morgan fingerprint density at radius 1 is 1.00 bits per heavy atom. The molecule has 6 rings (SSSR count). The first-order valence-electron chi connectivity index (χ1n) is 10.7. The van der Waals surface area contributed by atoms with Gasteiger partial charge in [-0.25, -0.2) is 0 Å². The van der Waals surface area contributed by atoms with Crippen LogP contribution in [-0.2, 0) is 0 Å². The molecule has 3 aromatic rings. The van der Waals surface area contributed by atoms with E-state index in [1.54, 1.807) is 5.57 Å². The van der Waals surface area contributed by atoms with Gasteiger partial charge in [-0.3, -0.25) is 0 Å². The number of allylic oxidation sites excluding steroid dienone is 2. The first-order valence-corrected chi connectivity index (χ1v) is 10.7. The summed E-state index contributed by atoms with van der Waals surface area (Å²) in [4.78, 5) is 6.27. The van der Waals surface area contributed by atoms with Crippen molar-refractivity contribution in [2.75, 3.05) is 0 Å². The van der Waals surface area contributed by atoms with E-state index < -0.39 is 0 Å². The lowest BCUT2D eigenvalue weighted by Crippen LogP contribution is -2.47. The number of aromatic nitrogens is 1. The maximum absolute atomic E-state index is 3.73. The number of nitrogens with one attached hydrogen (secondary N) is 1. The summed E-state index contributed by atoms with van der Waals surface area (Å²) in [6.45, 7) is 4.88. The lowest BCUT2D eigenvalue weighted by molar-refractivity contribution is 0.162. The molecule has 1 N–H and O–H groups in total. The van der Waals surface area contributed by atoms with Gasteiger partial charge in [-0.2, -0.15) is 0 Å². The van der Waals surface area contributed by atoms with Crippen LogP contribution >= 0.6 is 0 Å². The van der Waals surface area contributed by atoms with Crippen LogP contribution in [0.15, 0.2) is 72.4 Å². The Kier molecular flexibility index (Phi) is 3.50. The number of hydrogen-bond donors (Lipinski definition) is 1. The Morgan fingerprint density at radius 2 is 1.79 bits per heavy atom. The van der Waals surface area contributed by atoms with E-state index in [2.05, 4.69) is 96.7 Å². The van der Waals surface area contributed by atoms with Crippen LogP contribution in [0.1, 0.15) is 49.9 Å². The van der Waals surface area contributed by atoms with Gasteiger partial charge in [0.1, 0.15) is 0 Å². The molecule has 1 atom stereocenters. The molecule has 0 spiro atoms. The molecule has 1 aromatic heterocycles. The maximum atomic E-state index is 3.73. The minimum absolute atomic E-state index is 0.237. The molecule has 3 heterocycles. The maximum Gasteiger partial charge on any atom is 0.0707 e. The van der Waals surface area contributed by atoms with Gasteiger partial charge in [0.05, 0.1) is 17.4 Å². The first kappa shape index (κ1) is 16.9. The Morgan fingerprint density at radius 3 is 2.66 bits per heavy atom. The largest absolute Gasteiger partial charge is 0.353 e. The van der Waals surface area contributed by atoms with E-state index in [1.807, 2.05) is 0 Å². The molecule has 0 saturated heterocycles. The second-order valence-corrected chi connectivity index (χ2v) is 9.26. The Hall–Kier alpha value is -3.00. The van der Waals surface area contributed by atoms with Crippen molar-refractivity contribution in [2.45, 2.75) is 39.2 Å². The lowest BCUT2D eigenvalue weighted by atomic mass is 9.66. The van der Waals surface area contributed by atoms with E-state index in [9.17, 15) is 0 Å². The Balaban J connectivity index is 1.63. The molecule has 1 aliphatic carbocycles. The van der Waals surface area contributed by atoms with E-state index in [0.717, 1.165) is 0 Å². The van der Waals surface area contributed by atoms with Crippen molar-refractivity contribution in [1.82, 2.24) is 9.88 Å². The van der Waals surface area contributed by atoms with Crippen molar-refractivity contribution in [3.8, 4) is 0 Å². The predicted molar refractivity (Wildman–Crippen MR) is 122 cm³/mol. The van der Waals surface area contributed by atoms with Crippen LogP contribution in [0.4, 0.5) is 0 Å². The predicted octanol–water partition coefficient (Wildman–Crippen LogP) is 6.84. The molecule has 1 unspecified atom stereocenters. The molecule has 0 radical (unpaired) electrons. The van der Waals surface area contributed by atoms with Crippen molar-refractivity contribution >= 4 is 28.2 Å². The first-order chi connectivity index (χ1) is 14.1. The average Bonchev–Trinajstić information content (AvgIpc) is 3.12. The van der Waals surface area contributed by atoms with Crippen molar-refractivity contribution in [2.24, 2.45) is 5.41 Å². The molecule has 2 aromatic carbocycles. The third-order valence-corrected chi connectivity index (χ3v) is 7.01. The molecular weight excluding hydrogens is 352 g/mol. The number of nitrogens with zero attached hydrogens (tertiary/aromatic N) is 1. The molecule has 3 aliphatic rings. The van der Waals surface area contributed by atoms with Crippen molar-refractivity contribution in [3.63, 3.8) is 0 Å². The number of para-hydroxylation sites is 1. The number of rotatable bonds is 1. The highest BCUT2D eigenvalue weighted by atomic mass is 15.2. The third-order valence-electron chi connectivity index (χ3n) is 7.01. The molecule has 1 saturated carbocycles. The highest BCUT2D eigenvalue weighted by Crippen LogP contribution is 2.51. The topological polar surface area (TPSA) is 19.0 Å². The summed E-state index contributed by atoms with van der Waals surface area (Å²) < 4.78 is 0. The fourth-order valence-corrected chi connectivity index (χ4v) is 5.70. The van der Waals surface area contributed by atoms with Crippen LogP contribution in [0.25, 0.3) is 28.2 Å². The van der Waals surface area contributed by atoms with Gasteiger partial charge >= 0.3 is 0 Å². The molecular formula is C27H26N2. The summed E-state index contributed by atoms with van der Waals surface area (Å²) in [5, 5.41) is 1.30. The van der Waals surface area contributed by atoms with Gasteiger partial charge in [0.2, 0.25) is 0 Å². The second-order valence-electron chi connectivity index (χ2n) is 9.26. The Bertz CT molecular complexity index is 1200. The fourth-order valence-electron chi connectivity index (χ4n) is 5.70. The summed E-state index contributed by atoms with van der Waals surface area (Å²) in [6.07, 6.45) is 10.8. The standard InChI is InChI=1S/C27H26N2/c1-27(2)15-8-12-21-22(18-9-4-3-5-10-18)17-24-25-20(14-16-29(24)26(21)27)19-11-6-7-13-23(19)28-25/h3-7,9-11,13-14,16-17,26,28H,8,12,15H2,1-2H3. The molecule has 1 fully saturated rings. The lowest BCUT2D eigenvalue weighted by Gasteiger charge is -2.50. The number of H-pyrrole nitrogens is 1. The van der Waals surface area contributed by atoms with E-state index in [4.69, 9.17) is 0 Å². The zero-order valence-corrected chi connectivity index (χ0v) is 17.1. The second kappa shape index (κ2) is 6.00. The smallest absolute Gasteiger partial charge is 0.0707 e. The van der Waals surface area contributed by atoms with E-state index in [0.29, 0.717) is 6.04 Å². The number of benzene rings is 2. The van der Waals surface area contributed by atoms with Crippen LogP contribution in [-0.4, -0.2) is 15.9 Å². The van der Waals surface area contributed by atoms with Crippen LogP contribution in [0.2, 0.25) is 0 Å². The van der Waals surface area contributed by atoms with Crippen molar-refractivity contribution < 1.29 is 0 Å². The summed E-state index contributed by atoms with van der Waals surface area (Å²) in [6, 6.07) is 20.0. The quantitative estimate of drug-likeness (QED) is 0.491. The fraction of sp³-hybridized carbons (Fsp3) is 0.259. The summed E-state index contributed by atoms with van der Waals surface area (Å²) in [5.74, 6) is 0. The zero-order valence-electron chi connectivity index (χ0n) is 17.1. The van der Waals surface area contributed by atoms with Gasteiger partial charge in [0.15, 0.2) is 0 Å².